The number of hydrogen-bond acceptors (Lipinski definition) is 2. The van der Waals surface area contributed by atoms with E-state index in [2.05, 4.69) is 21.2 Å². The van der Waals surface area contributed by atoms with Crippen molar-refractivity contribution in [3.63, 3.8) is 0 Å². The predicted octanol–water partition coefficient (Wildman–Crippen LogP) is 3.98. The maximum absolute atomic E-state index is 13.2. The minimum Gasteiger partial charge on any atom is -0.384 e. The minimum absolute atomic E-state index is 0.00667. The molecule has 0 aromatic heterocycles. The lowest BCUT2D eigenvalue weighted by Gasteiger charge is -2.06. The van der Waals surface area contributed by atoms with Gasteiger partial charge in [-0.25, -0.2) is 4.39 Å². The highest BCUT2D eigenvalue weighted by Crippen LogP contribution is 2.25. The molecule has 0 aliphatic carbocycles. The van der Waals surface area contributed by atoms with Crippen molar-refractivity contribution in [1.29, 1.82) is 0 Å². The topological polar surface area (TPSA) is 29.1 Å². The Kier molecular flexibility index (Phi) is 3.57. The van der Waals surface area contributed by atoms with E-state index in [0.29, 0.717) is 11.1 Å². The average Bonchev–Trinajstić information content (AvgIpc) is 2.90. The molecule has 0 saturated carbocycles. The first kappa shape index (κ1) is 13.3. The standard InChI is InChI=1S/C16H13BrFNO/c17-14-4-3-13(18)7-12(14)9-16(20)11-2-1-10-5-6-19-15(10)8-11/h1-4,7-8,19H,5-6,9H2. The third-order valence-corrected chi connectivity index (χ3v) is 4.27. The minimum atomic E-state index is -0.327. The number of fused-ring (bicyclic) bond motifs is 1. The van der Waals surface area contributed by atoms with E-state index in [1.165, 1.54) is 17.7 Å². The number of nitrogens with one attached hydrogen (secondary N) is 1. The summed E-state index contributed by atoms with van der Waals surface area (Å²) in [5.41, 5.74) is 3.61. The van der Waals surface area contributed by atoms with Gasteiger partial charge >= 0.3 is 0 Å². The molecule has 0 spiro atoms. The van der Waals surface area contributed by atoms with Crippen molar-refractivity contribution in [2.75, 3.05) is 11.9 Å². The Balaban J connectivity index is 1.84. The molecule has 20 heavy (non-hydrogen) atoms. The number of carbonyl (C=O) groups is 1. The monoisotopic (exact) mass is 333 g/mol. The molecule has 0 saturated heterocycles. The quantitative estimate of drug-likeness (QED) is 0.861. The van der Waals surface area contributed by atoms with Gasteiger partial charge in [0.25, 0.3) is 0 Å². The van der Waals surface area contributed by atoms with Crippen molar-refractivity contribution in [2.45, 2.75) is 12.8 Å². The summed E-state index contributed by atoms with van der Waals surface area (Å²) in [5, 5.41) is 3.26. The lowest BCUT2D eigenvalue weighted by molar-refractivity contribution is 0.0993. The van der Waals surface area contributed by atoms with Gasteiger partial charge < -0.3 is 5.32 Å². The van der Waals surface area contributed by atoms with Crippen LogP contribution in [0.4, 0.5) is 10.1 Å². The van der Waals surface area contributed by atoms with Gasteiger partial charge in [0.1, 0.15) is 5.82 Å². The maximum Gasteiger partial charge on any atom is 0.167 e. The lowest BCUT2D eigenvalue weighted by atomic mass is 10.0. The number of hydrogen-bond donors (Lipinski definition) is 1. The average molecular weight is 334 g/mol. The summed E-state index contributed by atoms with van der Waals surface area (Å²) >= 11 is 3.35. The summed E-state index contributed by atoms with van der Waals surface area (Å²) < 4.78 is 14.0. The Labute approximate surface area is 125 Å². The molecule has 2 aromatic rings. The van der Waals surface area contributed by atoms with E-state index < -0.39 is 0 Å². The molecule has 0 atom stereocenters. The molecule has 2 nitrogen and oxygen atoms in total. The summed E-state index contributed by atoms with van der Waals surface area (Å²) in [6.45, 7) is 0.919. The van der Waals surface area contributed by atoms with Crippen molar-refractivity contribution in [1.82, 2.24) is 0 Å². The third-order valence-electron chi connectivity index (χ3n) is 3.50. The number of rotatable bonds is 3. The molecule has 1 aliphatic rings. The van der Waals surface area contributed by atoms with E-state index in [1.54, 1.807) is 6.07 Å². The molecular formula is C16H13BrFNO. The van der Waals surface area contributed by atoms with Crippen molar-refractivity contribution in [3.05, 3.63) is 63.4 Å². The highest BCUT2D eigenvalue weighted by atomic mass is 79.9. The number of carbonyl (C=O) groups excluding carboxylic acids is 1. The van der Waals surface area contributed by atoms with Gasteiger partial charge in [0.2, 0.25) is 0 Å². The van der Waals surface area contributed by atoms with Gasteiger partial charge in [0.05, 0.1) is 0 Å². The van der Waals surface area contributed by atoms with Gasteiger partial charge in [0.15, 0.2) is 5.78 Å². The second-order valence-corrected chi connectivity index (χ2v) is 5.74. The highest BCUT2D eigenvalue weighted by molar-refractivity contribution is 9.10. The number of anilines is 1. The second-order valence-electron chi connectivity index (χ2n) is 4.88. The second kappa shape index (κ2) is 5.37. The zero-order chi connectivity index (χ0) is 14.1. The molecular weight excluding hydrogens is 321 g/mol. The fourth-order valence-corrected chi connectivity index (χ4v) is 2.80. The summed E-state index contributed by atoms with van der Waals surface area (Å²) in [5.74, 6) is -0.334. The van der Waals surface area contributed by atoms with E-state index in [0.717, 1.165) is 23.1 Å². The SMILES string of the molecule is O=C(Cc1cc(F)ccc1Br)c1ccc2c(c1)NCC2. The van der Waals surface area contributed by atoms with Gasteiger partial charge in [-0.3, -0.25) is 4.79 Å². The Hall–Kier alpha value is -1.68. The fraction of sp³-hybridized carbons (Fsp3) is 0.188. The molecule has 1 aliphatic heterocycles. The molecule has 0 amide bonds. The molecule has 4 heteroatoms. The Morgan fingerprint density at radius 2 is 2.10 bits per heavy atom. The number of halogens is 2. The van der Waals surface area contributed by atoms with Gasteiger partial charge in [-0.2, -0.15) is 0 Å². The molecule has 1 heterocycles. The fourth-order valence-electron chi connectivity index (χ4n) is 2.42. The summed E-state index contributed by atoms with van der Waals surface area (Å²) in [7, 11) is 0. The molecule has 102 valence electrons. The predicted molar refractivity (Wildman–Crippen MR) is 80.8 cm³/mol. The Morgan fingerprint density at radius 1 is 1.25 bits per heavy atom. The van der Waals surface area contributed by atoms with Crippen LogP contribution in [0.25, 0.3) is 0 Å². The molecule has 0 bridgehead atoms. The van der Waals surface area contributed by atoms with Crippen LogP contribution < -0.4 is 5.32 Å². The van der Waals surface area contributed by atoms with Crippen LogP contribution in [0.2, 0.25) is 0 Å². The van der Waals surface area contributed by atoms with E-state index in [4.69, 9.17) is 0 Å². The van der Waals surface area contributed by atoms with Crippen LogP contribution in [0, 0.1) is 5.82 Å². The summed E-state index contributed by atoms with van der Waals surface area (Å²) in [4.78, 5) is 12.3. The van der Waals surface area contributed by atoms with E-state index in [1.807, 2.05) is 18.2 Å². The van der Waals surface area contributed by atoms with Crippen molar-refractivity contribution in [3.8, 4) is 0 Å². The third kappa shape index (κ3) is 2.61. The number of benzene rings is 2. The molecule has 0 radical (unpaired) electrons. The first-order chi connectivity index (χ1) is 9.63. The lowest BCUT2D eigenvalue weighted by Crippen LogP contribution is -2.05. The molecule has 0 fully saturated rings. The van der Waals surface area contributed by atoms with E-state index in [9.17, 15) is 9.18 Å². The van der Waals surface area contributed by atoms with Crippen LogP contribution in [-0.4, -0.2) is 12.3 Å². The van der Waals surface area contributed by atoms with Crippen LogP contribution in [0.5, 0.6) is 0 Å². The summed E-state index contributed by atoms with van der Waals surface area (Å²) in [6.07, 6.45) is 1.19. The first-order valence-electron chi connectivity index (χ1n) is 6.47. The van der Waals surface area contributed by atoms with Crippen LogP contribution in [0.3, 0.4) is 0 Å². The van der Waals surface area contributed by atoms with E-state index in [-0.39, 0.29) is 18.0 Å². The van der Waals surface area contributed by atoms with Crippen molar-refractivity contribution < 1.29 is 9.18 Å². The van der Waals surface area contributed by atoms with Crippen molar-refractivity contribution in [2.24, 2.45) is 0 Å². The Morgan fingerprint density at radius 3 is 2.95 bits per heavy atom. The van der Waals surface area contributed by atoms with Crippen LogP contribution in [-0.2, 0) is 12.8 Å². The number of ketones is 1. The summed E-state index contributed by atoms with van der Waals surface area (Å²) in [6, 6.07) is 10.1. The largest absolute Gasteiger partial charge is 0.384 e. The normalized spacial score (nSPS) is 12.9. The molecule has 3 rings (SSSR count). The zero-order valence-electron chi connectivity index (χ0n) is 10.7. The van der Waals surface area contributed by atoms with Gasteiger partial charge in [0, 0.05) is 28.7 Å². The maximum atomic E-state index is 13.2. The number of Topliss-reactive ketones (excluding diaryl/α,β-unsaturated/α-hetero) is 1. The van der Waals surface area contributed by atoms with Crippen LogP contribution in [0.15, 0.2) is 40.9 Å². The van der Waals surface area contributed by atoms with Gasteiger partial charge in [-0.1, -0.05) is 28.1 Å². The molecule has 0 unspecified atom stereocenters. The highest BCUT2D eigenvalue weighted by Gasteiger charge is 2.15. The van der Waals surface area contributed by atoms with Crippen LogP contribution in [0.1, 0.15) is 21.5 Å². The molecule has 1 N–H and O–H groups in total. The Bertz CT molecular complexity index is 684. The van der Waals surface area contributed by atoms with E-state index >= 15 is 0 Å². The zero-order valence-corrected chi connectivity index (χ0v) is 12.3. The smallest absolute Gasteiger partial charge is 0.167 e. The van der Waals surface area contributed by atoms with Crippen LogP contribution >= 0.6 is 15.9 Å². The van der Waals surface area contributed by atoms with Crippen molar-refractivity contribution >= 4 is 27.4 Å². The van der Waals surface area contributed by atoms with Gasteiger partial charge in [-0.15, -0.1) is 0 Å². The van der Waals surface area contributed by atoms with Gasteiger partial charge in [-0.05, 0) is 41.8 Å². The molecule has 2 aromatic carbocycles. The first-order valence-corrected chi connectivity index (χ1v) is 7.27.